The SMILES string of the molecule is Cc1ccccc1C1=C(Nc2cccc(-c3nc(-c4ccc(-c5ccccc5)cc4)cc(-c4cccc(-c5cccc(-n6c7ccccc7c7ccccc76)c5)c4)n3)c2)C=CCC1. The van der Waals surface area contributed by atoms with Crippen molar-refractivity contribution < 1.29 is 0 Å². The molecule has 300 valence electrons. The first-order chi connectivity index (χ1) is 31.1. The van der Waals surface area contributed by atoms with Gasteiger partial charge >= 0.3 is 0 Å². The van der Waals surface area contributed by atoms with Gasteiger partial charge in [0.15, 0.2) is 5.82 Å². The van der Waals surface area contributed by atoms with Gasteiger partial charge in [-0.1, -0.05) is 164 Å². The molecule has 0 fully saturated rings. The van der Waals surface area contributed by atoms with Gasteiger partial charge < -0.3 is 9.88 Å². The van der Waals surface area contributed by atoms with Crippen LogP contribution in [-0.2, 0) is 0 Å². The zero-order valence-corrected chi connectivity index (χ0v) is 35.0. The summed E-state index contributed by atoms with van der Waals surface area (Å²) in [5.74, 6) is 0.671. The van der Waals surface area contributed by atoms with E-state index in [1.54, 1.807) is 0 Å². The van der Waals surface area contributed by atoms with Gasteiger partial charge in [-0.15, -0.1) is 0 Å². The molecule has 1 aliphatic rings. The van der Waals surface area contributed by atoms with Crippen molar-refractivity contribution in [1.29, 1.82) is 0 Å². The molecule has 0 aliphatic heterocycles. The van der Waals surface area contributed by atoms with Crippen LogP contribution in [0.5, 0.6) is 0 Å². The summed E-state index contributed by atoms with van der Waals surface area (Å²) in [6.07, 6.45) is 6.49. The number of nitrogens with one attached hydrogen (secondary N) is 1. The van der Waals surface area contributed by atoms with Gasteiger partial charge in [-0.3, -0.25) is 0 Å². The Morgan fingerprint density at radius 1 is 0.460 bits per heavy atom. The second kappa shape index (κ2) is 16.4. The van der Waals surface area contributed by atoms with Crippen molar-refractivity contribution in [3.8, 4) is 61.8 Å². The number of hydrogen-bond donors (Lipinski definition) is 1. The summed E-state index contributed by atoms with van der Waals surface area (Å²) in [6.45, 7) is 2.19. The maximum Gasteiger partial charge on any atom is 0.160 e. The lowest BCUT2D eigenvalue weighted by Gasteiger charge is -2.20. The molecule has 4 heteroatoms. The molecule has 63 heavy (non-hydrogen) atoms. The number of fused-ring (bicyclic) bond motifs is 3. The maximum atomic E-state index is 5.32. The Bertz CT molecular complexity index is 3320. The van der Waals surface area contributed by atoms with Crippen LogP contribution in [0.25, 0.3) is 89.2 Å². The Morgan fingerprint density at radius 2 is 1.05 bits per heavy atom. The fraction of sp³-hybridized carbons (Fsp3) is 0.0508. The lowest BCUT2D eigenvalue weighted by Crippen LogP contribution is -2.05. The third-order valence-corrected chi connectivity index (χ3v) is 12.2. The molecule has 0 unspecified atom stereocenters. The Balaban J connectivity index is 0.994. The number of hydrogen-bond acceptors (Lipinski definition) is 3. The predicted molar refractivity (Wildman–Crippen MR) is 264 cm³/mol. The van der Waals surface area contributed by atoms with Crippen LogP contribution in [0.2, 0.25) is 0 Å². The minimum Gasteiger partial charge on any atom is -0.355 e. The predicted octanol–water partition coefficient (Wildman–Crippen LogP) is 15.4. The molecule has 8 aromatic carbocycles. The van der Waals surface area contributed by atoms with E-state index in [4.69, 9.17) is 9.97 Å². The fourth-order valence-corrected chi connectivity index (χ4v) is 9.08. The smallest absolute Gasteiger partial charge is 0.160 e. The minimum atomic E-state index is 0.671. The van der Waals surface area contributed by atoms with E-state index in [9.17, 15) is 0 Å². The summed E-state index contributed by atoms with van der Waals surface area (Å²) in [5.41, 5.74) is 18.9. The van der Waals surface area contributed by atoms with E-state index in [0.29, 0.717) is 5.82 Å². The summed E-state index contributed by atoms with van der Waals surface area (Å²) >= 11 is 0. The normalized spacial score (nSPS) is 12.6. The molecule has 0 radical (unpaired) electrons. The number of para-hydroxylation sites is 2. The second-order valence-corrected chi connectivity index (χ2v) is 16.3. The van der Waals surface area contributed by atoms with Crippen LogP contribution in [-0.4, -0.2) is 14.5 Å². The highest BCUT2D eigenvalue weighted by Crippen LogP contribution is 2.36. The molecule has 11 rings (SSSR count). The molecule has 0 saturated carbocycles. The van der Waals surface area contributed by atoms with Gasteiger partial charge in [0.25, 0.3) is 0 Å². The van der Waals surface area contributed by atoms with Crippen LogP contribution >= 0.6 is 0 Å². The standard InChI is InChI=1S/C59H44N4/c1-40-16-5-6-25-50(40)51-26-7-10-29-54(51)60-48-23-14-22-47(37-48)59-61-55(43-34-32-42(33-35-43)41-17-3-2-4-18-41)39-56(62-59)46-21-13-19-44(36-46)45-20-15-24-49(38-45)63-57-30-11-8-27-52(57)53-28-9-12-31-58(53)63/h2-6,8-25,27-39,60H,7,26H2,1H3. The third-order valence-electron chi connectivity index (χ3n) is 12.2. The molecular formula is C59H44N4. The minimum absolute atomic E-state index is 0.671. The Hall–Kier alpha value is -8.08. The largest absolute Gasteiger partial charge is 0.355 e. The molecule has 0 saturated heterocycles. The molecular weight excluding hydrogens is 765 g/mol. The molecule has 1 aliphatic carbocycles. The second-order valence-electron chi connectivity index (χ2n) is 16.3. The molecule has 0 amide bonds. The molecule has 2 aromatic heterocycles. The number of rotatable bonds is 9. The summed E-state index contributed by atoms with van der Waals surface area (Å²) in [7, 11) is 0. The molecule has 0 bridgehead atoms. The summed E-state index contributed by atoms with van der Waals surface area (Å²) < 4.78 is 2.37. The number of aromatic nitrogens is 3. The maximum absolute atomic E-state index is 5.32. The molecule has 10 aromatic rings. The zero-order chi connectivity index (χ0) is 42.1. The molecule has 0 spiro atoms. The molecule has 2 heterocycles. The topological polar surface area (TPSA) is 42.7 Å². The number of anilines is 1. The van der Waals surface area contributed by atoms with E-state index in [1.165, 1.54) is 49.6 Å². The lowest BCUT2D eigenvalue weighted by atomic mass is 9.92. The van der Waals surface area contributed by atoms with Gasteiger partial charge in [-0.2, -0.15) is 0 Å². The van der Waals surface area contributed by atoms with Crippen molar-refractivity contribution in [2.45, 2.75) is 19.8 Å². The third kappa shape index (κ3) is 7.42. The summed E-state index contributed by atoms with van der Waals surface area (Å²) in [6, 6.07) is 73.4. The van der Waals surface area contributed by atoms with Gasteiger partial charge in [0.1, 0.15) is 0 Å². The van der Waals surface area contributed by atoms with Gasteiger partial charge in [0, 0.05) is 44.5 Å². The number of benzene rings is 8. The average molecular weight is 809 g/mol. The van der Waals surface area contributed by atoms with E-state index in [1.807, 2.05) is 0 Å². The summed E-state index contributed by atoms with van der Waals surface area (Å²) in [4.78, 5) is 10.6. The van der Waals surface area contributed by atoms with Crippen LogP contribution < -0.4 is 5.32 Å². The monoisotopic (exact) mass is 808 g/mol. The Labute approximate surface area is 368 Å². The Kier molecular flexibility index (Phi) is 9.87. The van der Waals surface area contributed by atoms with Crippen molar-refractivity contribution in [3.05, 3.63) is 235 Å². The highest BCUT2D eigenvalue weighted by atomic mass is 15.0. The quantitative estimate of drug-likeness (QED) is 0.158. The zero-order valence-electron chi connectivity index (χ0n) is 35.0. The van der Waals surface area contributed by atoms with Gasteiger partial charge in [-0.05, 0) is 113 Å². The molecule has 4 nitrogen and oxygen atoms in total. The first kappa shape index (κ1) is 37.9. The van der Waals surface area contributed by atoms with Crippen LogP contribution in [0.1, 0.15) is 24.0 Å². The van der Waals surface area contributed by atoms with Crippen LogP contribution in [0.15, 0.2) is 224 Å². The fourth-order valence-electron chi connectivity index (χ4n) is 9.08. The van der Waals surface area contributed by atoms with Crippen molar-refractivity contribution in [2.24, 2.45) is 0 Å². The Morgan fingerprint density at radius 3 is 1.83 bits per heavy atom. The van der Waals surface area contributed by atoms with Crippen LogP contribution in [0, 0.1) is 6.92 Å². The molecule has 0 atom stereocenters. The lowest BCUT2D eigenvalue weighted by molar-refractivity contribution is 1.03. The average Bonchev–Trinajstić information content (AvgIpc) is 3.69. The summed E-state index contributed by atoms with van der Waals surface area (Å²) in [5, 5.41) is 6.28. The van der Waals surface area contributed by atoms with Gasteiger partial charge in [-0.25, -0.2) is 9.97 Å². The van der Waals surface area contributed by atoms with Crippen molar-refractivity contribution >= 4 is 33.1 Å². The molecule has 1 N–H and O–H groups in total. The van der Waals surface area contributed by atoms with Crippen LogP contribution in [0.3, 0.4) is 0 Å². The first-order valence-corrected chi connectivity index (χ1v) is 21.7. The number of aryl methyl sites for hydroxylation is 1. The van der Waals surface area contributed by atoms with E-state index in [-0.39, 0.29) is 0 Å². The highest BCUT2D eigenvalue weighted by Gasteiger charge is 2.17. The number of nitrogens with zero attached hydrogens (tertiary/aromatic N) is 3. The highest BCUT2D eigenvalue weighted by molar-refractivity contribution is 6.09. The van der Waals surface area contributed by atoms with Crippen molar-refractivity contribution in [3.63, 3.8) is 0 Å². The first-order valence-electron chi connectivity index (χ1n) is 21.7. The van der Waals surface area contributed by atoms with Crippen LogP contribution in [0.4, 0.5) is 5.69 Å². The van der Waals surface area contributed by atoms with Gasteiger partial charge in [0.2, 0.25) is 0 Å². The van der Waals surface area contributed by atoms with Crippen molar-refractivity contribution in [2.75, 3.05) is 5.32 Å². The van der Waals surface area contributed by atoms with Crippen molar-refractivity contribution in [1.82, 2.24) is 14.5 Å². The number of allylic oxidation sites excluding steroid dienone is 3. The van der Waals surface area contributed by atoms with E-state index in [0.717, 1.165) is 69.1 Å². The van der Waals surface area contributed by atoms with E-state index < -0.39 is 0 Å². The van der Waals surface area contributed by atoms with E-state index >= 15 is 0 Å². The van der Waals surface area contributed by atoms with Gasteiger partial charge in [0.05, 0.1) is 22.4 Å². The van der Waals surface area contributed by atoms with E-state index in [2.05, 4.69) is 235 Å².